The van der Waals surface area contributed by atoms with Gasteiger partial charge in [-0.2, -0.15) is 9.78 Å². The smallest absolute Gasteiger partial charge is 0.282 e. The topological polar surface area (TPSA) is 85.6 Å². The molecule has 10 heteroatoms. The summed E-state index contributed by atoms with van der Waals surface area (Å²) in [6.45, 7) is 3.65. The molecule has 0 unspecified atom stereocenters. The van der Waals surface area contributed by atoms with E-state index in [9.17, 15) is 14.0 Å². The molecule has 1 atom stereocenters. The number of carbonyl (C=O) groups excluding carboxylic acids is 1. The molecule has 0 aliphatic rings. The zero-order valence-corrected chi connectivity index (χ0v) is 22.4. The summed E-state index contributed by atoms with van der Waals surface area (Å²) in [4.78, 5) is 30.4. The van der Waals surface area contributed by atoms with Gasteiger partial charge in [0.05, 0.1) is 17.1 Å². The molecule has 0 radical (unpaired) electrons. The molecule has 37 heavy (non-hydrogen) atoms. The summed E-state index contributed by atoms with van der Waals surface area (Å²) < 4.78 is 21.1. The number of nitrogens with zero attached hydrogens (tertiary/aromatic N) is 3. The van der Waals surface area contributed by atoms with Crippen LogP contribution in [0, 0.1) is 5.82 Å². The number of nitrogens with one attached hydrogen (secondary N) is 1. The quantitative estimate of drug-likeness (QED) is 0.244. The van der Waals surface area contributed by atoms with Crippen LogP contribution in [0.5, 0.6) is 5.75 Å². The van der Waals surface area contributed by atoms with E-state index in [4.69, 9.17) is 21.3 Å². The zero-order chi connectivity index (χ0) is 26.5. The van der Waals surface area contributed by atoms with E-state index in [1.165, 1.54) is 29.1 Å². The maximum absolute atomic E-state index is 13.4. The van der Waals surface area contributed by atoms with Crippen molar-refractivity contribution in [3.05, 3.63) is 97.7 Å². The van der Waals surface area contributed by atoms with Crippen LogP contribution in [0.1, 0.15) is 37.6 Å². The van der Waals surface area contributed by atoms with Crippen LogP contribution in [-0.2, 0) is 4.79 Å². The van der Waals surface area contributed by atoms with Gasteiger partial charge in [-0.25, -0.2) is 9.37 Å². The van der Waals surface area contributed by atoms with Crippen molar-refractivity contribution in [2.24, 2.45) is 5.10 Å². The first-order chi connectivity index (χ1) is 17.7. The molecule has 0 saturated carbocycles. The van der Waals surface area contributed by atoms with Gasteiger partial charge in [0.15, 0.2) is 6.61 Å². The van der Waals surface area contributed by atoms with Crippen LogP contribution >= 0.6 is 27.5 Å². The van der Waals surface area contributed by atoms with Crippen molar-refractivity contribution in [2.45, 2.75) is 26.2 Å². The molecule has 1 N–H and O–H groups in total. The number of fused-ring (bicyclic) bond motifs is 1. The lowest BCUT2D eigenvalue weighted by molar-refractivity contribution is -0.118. The van der Waals surface area contributed by atoms with Crippen LogP contribution in [0.3, 0.4) is 0 Å². The van der Waals surface area contributed by atoms with Gasteiger partial charge in [-0.1, -0.05) is 47.4 Å². The minimum absolute atomic E-state index is 0.0282. The fraction of sp³-hybridized carbons (Fsp3) is 0.185. The Hall–Kier alpha value is -3.56. The Labute approximate surface area is 226 Å². The Bertz CT molecular complexity index is 1560. The highest BCUT2D eigenvalue weighted by Crippen LogP contribution is 2.23. The van der Waals surface area contributed by atoms with Crippen LogP contribution in [0.2, 0.25) is 5.02 Å². The molecule has 0 aliphatic carbocycles. The Morgan fingerprint density at radius 1 is 1.24 bits per heavy atom. The molecule has 1 heterocycles. The number of benzene rings is 3. The molecule has 0 aliphatic heterocycles. The fourth-order valence-corrected chi connectivity index (χ4v) is 4.10. The van der Waals surface area contributed by atoms with Gasteiger partial charge in [0, 0.05) is 26.7 Å². The number of aromatic nitrogens is 2. The third-order valence-electron chi connectivity index (χ3n) is 5.64. The molecule has 7 nitrogen and oxygen atoms in total. The number of hydrogen-bond acceptors (Lipinski definition) is 5. The number of ether oxygens (including phenoxy) is 1. The normalized spacial score (nSPS) is 12.1. The number of hydrogen-bond donors (Lipinski definition) is 1. The number of anilines is 1. The van der Waals surface area contributed by atoms with Crippen LogP contribution in [0.4, 0.5) is 10.1 Å². The van der Waals surface area contributed by atoms with Crippen molar-refractivity contribution in [3.63, 3.8) is 0 Å². The fourth-order valence-electron chi connectivity index (χ4n) is 3.56. The van der Waals surface area contributed by atoms with Gasteiger partial charge in [-0.15, -0.1) is 0 Å². The first kappa shape index (κ1) is 26.5. The van der Waals surface area contributed by atoms with Gasteiger partial charge in [0.25, 0.3) is 11.5 Å². The summed E-state index contributed by atoms with van der Waals surface area (Å²) in [6.07, 6.45) is 2.21. The molecular formula is C27H23BrClFN4O3. The summed E-state index contributed by atoms with van der Waals surface area (Å²) in [5, 5.41) is 7.88. The van der Waals surface area contributed by atoms with Gasteiger partial charge >= 0.3 is 0 Å². The van der Waals surface area contributed by atoms with Crippen molar-refractivity contribution < 1.29 is 13.9 Å². The van der Waals surface area contributed by atoms with E-state index in [1.807, 2.05) is 19.9 Å². The molecule has 1 aromatic heterocycles. The molecule has 0 fully saturated rings. The molecular weight excluding hydrogens is 563 g/mol. The first-order valence-corrected chi connectivity index (χ1v) is 12.7. The monoisotopic (exact) mass is 584 g/mol. The maximum atomic E-state index is 13.4. The molecule has 0 bridgehead atoms. The van der Waals surface area contributed by atoms with Gasteiger partial charge in [0.2, 0.25) is 0 Å². The van der Waals surface area contributed by atoms with Crippen molar-refractivity contribution in [2.75, 3.05) is 11.9 Å². The molecule has 190 valence electrons. The SMILES string of the molecule is CC[C@H](C)c1nc2ccc(Br)cc2c(=O)n1N=Cc1cc(Cl)ccc1OCC(=O)Nc1cccc(F)c1. The molecule has 1 amide bonds. The summed E-state index contributed by atoms with van der Waals surface area (Å²) in [5.74, 6) is -0.102. The van der Waals surface area contributed by atoms with Crippen molar-refractivity contribution in [1.82, 2.24) is 9.66 Å². The summed E-state index contributed by atoms with van der Waals surface area (Å²) in [6, 6.07) is 15.7. The number of rotatable bonds is 8. The lowest BCUT2D eigenvalue weighted by atomic mass is 10.1. The van der Waals surface area contributed by atoms with Crippen LogP contribution in [0.15, 0.2) is 75.0 Å². The van der Waals surface area contributed by atoms with Crippen molar-refractivity contribution >= 4 is 56.2 Å². The van der Waals surface area contributed by atoms with E-state index in [2.05, 4.69) is 26.3 Å². The second-order valence-corrected chi connectivity index (χ2v) is 9.68. The second kappa shape index (κ2) is 11.7. The molecule has 0 saturated heterocycles. The number of halogens is 3. The number of carbonyl (C=O) groups is 1. The van der Waals surface area contributed by atoms with Crippen molar-refractivity contribution in [1.29, 1.82) is 0 Å². The minimum atomic E-state index is -0.469. The highest BCUT2D eigenvalue weighted by molar-refractivity contribution is 9.10. The second-order valence-electron chi connectivity index (χ2n) is 8.33. The molecule has 4 rings (SSSR count). The van der Waals surface area contributed by atoms with E-state index < -0.39 is 11.7 Å². The molecule has 0 spiro atoms. The lowest BCUT2D eigenvalue weighted by Gasteiger charge is -2.14. The minimum Gasteiger partial charge on any atom is -0.483 e. The summed E-state index contributed by atoms with van der Waals surface area (Å²) in [7, 11) is 0. The van der Waals surface area contributed by atoms with E-state index in [0.717, 1.165) is 10.9 Å². The Balaban J connectivity index is 1.64. The van der Waals surface area contributed by atoms with Crippen LogP contribution < -0.4 is 15.6 Å². The average molecular weight is 586 g/mol. The Morgan fingerprint density at radius 2 is 2.05 bits per heavy atom. The Morgan fingerprint density at radius 3 is 2.81 bits per heavy atom. The predicted octanol–water partition coefficient (Wildman–Crippen LogP) is 6.36. The van der Waals surface area contributed by atoms with Gasteiger partial charge in [-0.05, 0) is 61.0 Å². The lowest BCUT2D eigenvalue weighted by Crippen LogP contribution is -2.24. The Kier molecular flexibility index (Phi) is 8.35. The van der Waals surface area contributed by atoms with Gasteiger partial charge < -0.3 is 10.1 Å². The third-order valence-corrected chi connectivity index (χ3v) is 6.37. The van der Waals surface area contributed by atoms with E-state index >= 15 is 0 Å². The van der Waals surface area contributed by atoms with Gasteiger partial charge in [0.1, 0.15) is 17.4 Å². The number of amides is 1. The van der Waals surface area contributed by atoms with Crippen LogP contribution in [0.25, 0.3) is 10.9 Å². The van der Waals surface area contributed by atoms with E-state index in [1.54, 1.807) is 36.4 Å². The maximum Gasteiger partial charge on any atom is 0.282 e. The highest BCUT2D eigenvalue weighted by atomic mass is 79.9. The average Bonchev–Trinajstić information content (AvgIpc) is 2.87. The zero-order valence-electron chi connectivity index (χ0n) is 20.0. The van der Waals surface area contributed by atoms with Crippen molar-refractivity contribution in [3.8, 4) is 5.75 Å². The van der Waals surface area contributed by atoms with Gasteiger partial charge in [-0.3, -0.25) is 9.59 Å². The molecule has 4 aromatic rings. The standard InChI is InChI=1S/C27H23BrClFN4O3/c1-3-16(2)26-33-23-9-7-18(28)12-22(23)27(36)34(26)31-14-17-11-19(29)8-10-24(17)37-15-25(35)32-21-6-4-5-20(30)13-21/h4-14,16H,3,15H2,1-2H3,(H,32,35)/t16-/m0/s1. The predicted molar refractivity (Wildman–Crippen MR) is 147 cm³/mol. The first-order valence-electron chi connectivity index (χ1n) is 11.5. The van der Waals surface area contributed by atoms with E-state index in [-0.39, 0.29) is 18.1 Å². The highest BCUT2D eigenvalue weighted by Gasteiger charge is 2.16. The van der Waals surface area contributed by atoms with Crippen LogP contribution in [-0.4, -0.2) is 28.4 Å². The largest absolute Gasteiger partial charge is 0.483 e. The summed E-state index contributed by atoms with van der Waals surface area (Å²) in [5.41, 5.74) is 1.06. The molecule has 3 aromatic carbocycles. The summed E-state index contributed by atoms with van der Waals surface area (Å²) >= 11 is 9.60. The third kappa shape index (κ3) is 6.42. The van der Waals surface area contributed by atoms with E-state index in [0.29, 0.717) is 38.8 Å².